The predicted molar refractivity (Wildman–Crippen MR) is 83.8 cm³/mol. The van der Waals surface area contributed by atoms with Crippen LogP contribution in [0.15, 0.2) is 12.1 Å². The molecular formula is C17H23F3N2O2. The second kappa shape index (κ2) is 8.46. The number of carbonyl (C=O) groups excluding carboxylic acids is 1. The van der Waals surface area contributed by atoms with Gasteiger partial charge in [0.15, 0.2) is 0 Å². The molecule has 0 aromatic carbocycles. The Morgan fingerprint density at radius 2 is 2.00 bits per heavy atom. The summed E-state index contributed by atoms with van der Waals surface area (Å²) in [5.41, 5.74) is -0.755. The zero-order valence-corrected chi connectivity index (χ0v) is 13.8. The van der Waals surface area contributed by atoms with E-state index in [1.807, 2.05) is 0 Å². The van der Waals surface area contributed by atoms with Gasteiger partial charge in [-0.15, -0.1) is 0 Å². The minimum atomic E-state index is -4.50. The summed E-state index contributed by atoms with van der Waals surface area (Å²) in [5.74, 6) is -0.411. The van der Waals surface area contributed by atoms with Gasteiger partial charge >= 0.3 is 6.18 Å². The van der Waals surface area contributed by atoms with Crippen LogP contribution >= 0.6 is 0 Å². The number of nitrogens with one attached hydrogen (secondary N) is 1. The van der Waals surface area contributed by atoms with Gasteiger partial charge in [0.05, 0.1) is 17.4 Å². The molecule has 0 radical (unpaired) electrons. The van der Waals surface area contributed by atoms with Crippen LogP contribution in [-0.2, 0) is 10.9 Å². The molecule has 1 heterocycles. The highest BCUT2D eigenvalue weighted by Gasteiger charge is 2.33. The number of nitrogens with zero attached hydrogens (tertiary/aromatic N) is 1. The van der Waals surface area contributed by atoms with Gasteiger partial charge < -0.3 is 10.1 Å². The normalized spacial score (nSPS) is 16.2. The Hall–Kier alpha value is -1.63. The van der Waals surface area contributed by atoms with Crippen molar-refractivity contribution in [2.45, 2.75) is 57.7 Å². The summed E-state index contributed by atoms with van der Waals surface area (Å²) in [5, 5.41) is 2.70. The summed E-state index contributed by atoms with van der Waals surface area (Å²) in [6, 6.07) is 1.99. The molecule has 0 spiro atoms. The summed E-state index contributed by atoms with van der Waals surface area (Å²) in [4.78, 5) is 15.5. The lowest BCUT2D eigenvalue weighted by molar-refractivity contribution is -0.141. The maximum Gasteiger partial charge on any atom is 0.433 e. The Labute approximate surface area is 139 Å². The standard InChI is InChI=1S/C17H23F3N2O2/c1-12-14(8-9-15(22-12)17(18,19)20)16(23)21-10-5-11-24-13-6-3-2-4-7-13/h8-9,13H,2-7,10-11H2,1H3,(H,21,23). The molecule has 1 aromatic heterocycles. The maximum absolute atomic E-state index is 12.6. The minimum Gasteiger partial charge on any atom is -0.378 e. The number of ether oxygens (including phenoxy) is 1. The summed E-state index contributed by atoms with van der Waals surface area (Å²) >= 11 is 0. The molecule has 1 aliphatic rings. The van der Waals surface area contributed by atoms with E-state index in [-0.39, 0.29) is 11.3 Å². The molecule has 1 aliphatic carbocycles. The van der Waals surface area contributed by atoms with Gasteiger partial charge in [0.25, 0.3) is 5.91 Å². The van der Waals surface area contributed by atoms with Crippen LogP contribution in [0.4, 0.5) is 13.2 Å². The second-order valence-electron chi connectivity index (χ2n) is 6.07. The van der Waals surface area contributed by atoms with Crippen LogP contribution in [0.5, 0.6) is 0 Å². The SMILES string of the molecule is Cc1nc(C(F)(F)F)ccc1C(=O)NCCCOC1CCCCC1. The number of aromatic nitrogens is 1. The van der Waals surface area contributed by atoms with Crippen molar-refractivity contribution in [3.63, 3.8) is 0 Å². The number of hydrogen-bond donors (Lipinski definition) is 1. The lowest BCUT2D eigenvalue weighted by Crippen LogP contribution is -2.27. The Bertz CT molecular complexity index is 555. The lowest BCUT2D eigenvalue weighted by Gasteiger charge is -2.21. The van der Waals surface area contributed by atoms with E-state index in [2.05, 4.69) is 10.3 Å². The Balaban J connectivity index is 1.74. The van der Waals surface area contributed by atoms with E-state index in [4.69, 9.17) is 4.74 Å². The number of aryl methyl sites for hydroxylation is 1. The zero-order valence-electron chi connectivity index (χ0n) is 13.8. The first-order valence-corrected chi connectivity index (χ1v) is 8.32. The molecule has 134 valence electrons. The molecule has 1 aromatic rings. The van der Waals surface area contributed by atoms with E-state index >= 15 is 0 Å². The Morgan fingerprint density at radius 1 is 1.29 bits per heavy atom. The number of halogens is 3. The number of amides is 1. The number of pyridine rings is 1. The third-order valence-electron chi connectivity index (χ3n) is 4.13. The van der Waals surface area contributed by atoms with Crippen LogP contribution in [-0.4, -0.2) is 30.1 Å². The molecule has 0 unspecified atom stereocenters. The quantitative estimate of drug-likeness (QED) is 0.797. The summed E-state index contributed by atoms with van der Waals surface area (Å²) in [6.07, 6.45) is 2.40. The van der Waals surface area contributed by atoms with Crippen LogP contribution in [0.2, 0.25) is 0 Å². The fourth-order valence-corrected chi connectivity index (χ4v) is 2.81. The molecule has 1 N–H and O–H groups in total. The van der Waals surface area contributed by atoms with Crippen LogP contribution < -0.4 is 5.32 Å². The van der Waals surface area contributed by atoms with Crippen molar-refractivity contribution in [1.82, 2.24) is 10.3 Å². The molecule has 0 saturated heterocycles. The molecule has 7 heteroatoms. The van der Waals surface area contributed by atoms with Gasteiger partial charge in [0.1, 0.15) is 5.69 Å². The number of hydrogen-bond acceptors (Lipinski definition) is 3. The third-order valence-corrected chi connectivity index (χ3v) is 4.13. The monoisotopic (exact) mass is 344 g/mol. The average Bonchev–Trinajstić information content (AvgIpc) is 2.54. The maximum atomic E-state index is 12.6. The first kappa shape index (κ1) is 18.7. The highest BCUT2D eigenvalue weighted by molar-refractivity contribution is 5.95. The van der Waals surface area contributed by atoms with Crippen molar-refractivity contribution in [1.29, 1.82) is 0 Å². The highest BCUT2D eigenvalue weighted by atomic mass is 19.4. The van der Waals surface area contributed by atoms with Gasteiger partial charge in [-0.3, -0.25) is 4.79 Å². The number of alkyl halides is 3. The Morgan fingerprint density at radius 3 is 2.62 bits per heavy atom. The van der Waals surface area contributed by atoms with E-state index in [0.717, 1.165) is 18.9 Å². The lowest BCUT2D eigenvalue weighted by atomic mass is 9.98. The molecule has 4 nitrogen and oxygen atoms in total. The van der Waals surface area contributed by atoms with Crippen LogP contribution in [0.25, 0.3) is 0 Å². The van der Waals surface area contributed by atoms with E-state index in [1.165, 1.54) is 32.3 Å². The van der Waals surface area contributed by atoms with E-state index in [1.54, 1.807) is 0 Å². The molecule has 0 atom stereocenters. The molecule has 0 bridgehead atoms. The van der Waals surface area contributed by atoms with E-state index in [9.17, 15) is 18.0 Å². The third kappa shape index (κ3) is 5.47. The molecule has 1 amide bonds. The fourth-order valence-electron chi connectivity index (χ4n) is 2.81. The van der Waals surface area contributed by atoms with Crippen LogP contribution in [0.3, 0.4) is 0 Å². The molecule has 1 fully saturated rings. The topological polar surface area (TPSA) is 51.2 Å². The number of rotatable bonds is 6. The van der Waals surface area contributed by atoms with Gasteiger partial charge in [-0.1, -0.05) is 19.3 Å². The van der Waals surface area contributed by atoms with Crippen molar-refractivity contribution >= 4 is 5.91 Å². The highest BCUT2D eigenvalue weighted by Crippen LogP contribution is 2.28. The van der Waals surface area contributed by atoms with Gasteiger partial charge in [0, 0.05) is 13.2 Å². The zero-order chi connectivity index (χ0) is 17.6. The van der Waals surface area contributed by atoms with Crippen LogP contribution in [0, 0.1) is 6.92 Å². The Kier molecular flexibility index (Phi) is 6.60. The smallest absolute Gasteiger partial charge is 0.378 e. The van der Waals surface area contributed by atoms with E-state index < -0.39 is 17.8 Å². The summed E-state index contributed by atoms with van der Waals surface area (Å²) in [6.45, 7) is 2.40. The van der Waals surface area contributed by atoms with Crippen molar-refractivity contribution in [3.05, 3.63) is 29.1 Å². The number of carbonyl (C=O) groups is 1. The first-order valence-electron chi connectivity index (χ1n) is 8.32. The average molecular weight is 344 g/mol. The molecular weight excluding hydrogens is 321 g/mol. The summed E-state index contributed by atoms with van der Waals surface area (Å²) < 4.78 is 43.5. The van der Waals surface area contributed by atoms with Gasteiger partial charge in [0.2, 0.25) is 0 Å². The van der Waals surface area contributed by atoms with Crippen LogP contribution in [0.1, 0.15) is 60.3 Å². The molecule has 0 aliphatic heterocycles. The minimum absolute atomic E-state index is 0.0702. The van der Waals surface area contributed by atoms with Crippen molar-refractivity contribution in [2.75, 3.05) is 13.2 Å². The first-order chi connectivity index (χ1) is 11.4. The summed E-state index contributed by atoms with van der Waals surface area (Å²) in [7, 11) is 0. The fraction of sp³-hybridized carbons (Fsp3) is 0.647. The largest absolute Gasteiger partial charge is 0.433 e. The van der Waals surface area contributed by atoms with Gasteiger partial charge in [-0.25, -0.2) is 4.98 Å². The molecule has 24 heavy (non-hydrogen) atoms. The predicted octanol–water partition coefficient (Wildman–Crippen LogP) is 3.88. The van der Waals surface area contributed by atoms with Crippen molar-refractivity contribution in [3.8, 4) is 0 Å². The van der Waals surface area contributed by atoms with Crippen molar-refractivity contribution < 1.29 is 22.7 Å². The molecule has 1 saturated carbocycles. The van der Waals surface area contributed by atoms with Gasteiger partial charge in [-0.2, -0.15) is 13.2 Å². The van der Waals surface area contributed by atoms with Gasteiger partial charge in [-0.05, 0) is 38.3 Å². The molecule has 2 rings (SSSR count). The second-order valence-corrected chi connectivity index (χ2v) is 6.07. The van der Waals surface area contributed by atoms with Crippen molar-refractivity contribution in [2.24, 2.45) is 0 Å². The van der Waals surface area contributed by atoms with E-state index in [0.29, 0.717) is 25.7 Å².